The Morgan fingerprint density at radius 1 is 1.10 bits per heavy atom. The number of rotatable bonds is 3. The van der Waals surface area contributed by atoms with E-state index in [-0.39, 0.29) is 36.1 Å². The third-order valence-corrected chi connectivity index (χ3v) is 4.53. The molecule has 0 amide bonds. The molecule has 1 fully saturated rings. The average Bonchev–Trinajstić information content (AvgIpc) is 2.39. The van der Waals surface area contributed by atoms with Gasteiger partial charge < -0.3 is 10.4 Å². The summed E-state index contributed by atoms with van der Waals surface area (Å²) in [6, 6.07) is 2.19. The molecule has 0 saturated carbocycles. The van der Waals surface area contributed by atoms with Crippen LogP contribution in [0.5, 0.6) is 5.75 Å². The number of phenolic OH excluding ortho intramolecular Hbond substituents is 1. The summed E-state index contributed by atoms with van der Waals surface area (Å²) in [5.41, 5.74) is 0.242. The molecule has 2 N–H and O–H groups in total. The molecule has 0 aromatic heterocycles. The fraction of sp³-hybridized carbons (Fsp3) is 0.500. The Bertz CT molecular complexity index is 463. The lowest BCUT2D eigenvalue weighted by molar-refractivity contribution is 0.0166. The zero-order chi connectivity index (χ0) is 14.0. The second-order valence-corrected chi connectivity index (χ2v) is 6.07. The van der Waals surface area contributed by atoms with Crippen molar-refractivity contribution in [3.05, 3.63) is 26.6 Å². The SMILES string of the molecule is Cl.Cl.Oc1c(Br)ccc(Br)c1[C@@H](C(F)F)N1CCNCC1. The fourth-order valence-electron chi connectivity index (χ4n) is 2.27. The number of piperazine rings is 1. The standard InChI is InChI=1S/C12H14Br2F2N2O.2ClH/c13-7-1-2-8(14)11(19)9(7)10(12(15)16)18-5-3-17-4-6-18;;/h1-2,10,12,17,19H,3-6H2;2*1H/t10-;;/m0../s1. The lowest BCUT2D eigenvalue weighted by Crippen LogP contribution is -2.47. The molecule has 21 heavy (non-hydrogen) atoms. The largest absolute Gasteiger partial charge is 0.506 e. The first-order chi connectivity index (χ1) is 9.02. The van der Waals surface area contributed by atoms with Gasteiger partial charge in [0.2, 0.25) is 0 Å². The predicted molar refractivity (Wildman–Crippen MR) is 91.2 cm³/mol. The number of nitrogens with zero attached hydrogens (tertiary/aromatic N) is 1. The summed E-state index contributed by atoms with van der Waals surface area (Å²) in [4.78, 5) is 1.70. The van der Waals surface area contributed by atoms with Gasteiger partial charge in [0.1, 0.15) is 11.8 Å². The topological polar surface area (TPSA) is 35.5 Å². The van der Waals surface area contributed by atoms with Crippen molar-refractivity contribution < 1.29 is 13.9 Å². The molecule has 0 spiro atoms. The number of halogens is 6. The van der Waals surface area contributed by atoms with Crippen LogP contribution in [-0.2, 0) is 0 Å². The van der Waals surface area contributed by atoms with Gasteiger partial charge in [0.05, 0.1) is 4.47 Å². The van der Waals surface area contributed by atoms with Gasteiger partial charge in [-0.2, -0.15) is 0 Å². The molecule has 1 saturated heterocycles. The van der Waals surface area contributed by atoms with Crippen LogP contribution in [0.15, 0.2) is 21.1 Å². The molecule has 0 bridgehead atoms. The highest BCUT2D eigenvalue weighted by Gasteiger charge is 2.34. The summed E-state index contributed by atoms with van der Waals surface area (Å²) in [6.07, 6.45) is -2.56. The van der Waals surface area contributed by atoms with Gasteiger partial charge in [0, 0.05) is 36.2 Å². The molecule has 1 aliphatic rings. The van der Waals surface area contributed by atoms with E-state index in [9.17, 15) is 13.9 Å². The summed E-state index contributed by atoms with van der Waals surface area (Å²) in [5, 5.41) is 13.2. The summed E-state index contributed by atoms with van der Waals surface area (Å²) >= 11 is 6.44. The van der Waals surface area contributed by atoms with Gasteiger partial charge in [-0.3, -0.25) is 4.90 Å². The second kappa shape index (κ2) is 9.47. The van der Waals surface area contributed by atoms with Crippen LogP contribution in [-0.4, -0.2) is 42.6 Å². The highest BCUT2D eigenvalue weighted by molar-refractivity contribution is 9.11. The van der Waals surface area contributed by atoms with E-state index in [0.29, 0.717) is 35.1 Å². The van der Waals surface area contributed by atoms with Gasteiger partial charge in [0.25, 0.3) is 6.43 Å². The monoisotopic (exact) mass is 470 g/mol. The van der Waals surface area contributed by atoms with Crippen LogP contribution in [0.1, 0.15) is 11.6 Å². The van der Waals surface area contributed by atoms with Crippen molar-refractivity contribution in [3.8, 4) is 5.75 Å². The lowest BCUT2D eigenvalue weighted by atomic mass is 10.0. The highest BCUT2D eigenvalue weighted by Crippen LogP contribution is 2.42. The van der Waals surface area contributed by atoms with Crippen molar-refractivity contribution in [1.29, 1.82) is 0 Å². The van der Waals surface area contributed by atoms with E-state index in [0.717, 1.165) is 0 Å². The quantitative estimate of drug-likeness (QED) is 0.698. The first kappa shape index (κ1) is 21.3. The normalized spacial score (nSPS) is 17.0. The number of phenols is 1. The summed E-state index contributed by atoms with van der Waals surface area (Å²) in [5.74, 6) is -0.127. The van der Waals surface area contributed by atoms with Crippen molar-refractivity contribution in [2.45, 2.75) is 12.5 Å². The zero-order valence-corrected chi connectivity index (χ0v) is 15.7. The minimum absolute atomic E-state index is 0. The number of hydrogen-bond donors (Lipinski definition) is 2. The van der Waals surface area contributed by atoms with Crippen molar-refractivity contribution in [3.63, 3.8) is 0 Å². The Hall–Kier alpha value is 0.340. The first-order valence-electron chi connectivity index (χ1n) is 5.92. The molecule has 0 radical (unpaired) electrons. The molecule has 0 aliphatic carbocycles. The van der Waals surface area contributed by atoms with Crippen LogP contribution in [0.2, 0.25) is 0 Å². The van der Waals surface area contributed by atoms with Gasteiger partial charge in [-0.1, -0.05) is 15.9 Å². The smallest absolute Gasteiger partial charge is 0.258 e. The van der Waals surface area contributed by atoms with Crippen LogP contribution in [0.25, 0.3) is 0 Å². The molecular formula is C12H16Br2Cl2F2N2O. The fourth-order valence-corrected chi connectivity index (χ4v) is 3.17. The summed E-state index contributed by atoms with van der Waals surface area (Å²) < 4.78 is 27.8. The Kier molecular flexibility index (Phi) is 9.63. The first-order valence-corrected chi connectivity index (χ1v) is 7.50. The van der Waals surface area contributed by atoms with Crippen LogP contribution >= 0.6 is 56.7 Å². The Balaban J connectivity index is 0.00000200. The summed E-state index contributed by atoms with van der Waals surface area (Å²) in [7, 11) is 0. The molecule has 1 atom stereocenters. The Morgan fingerprint density at radius 3 is 2.14 bits per heavy atom. The van der Waals surface area contributed by atoms with E-state index in [1.807, 2.05) is 0 Å². The van der Waals surface area contributed by atoms with Crippen molar-refractivity contribution in [1.82, 2.24) is 10.2 Å². The van der Waals surface area contributed by atoms with Crippen LogP contribution in [0, 0.1) is 0 Å². The Morgan fingerprint density at radius 2 is 1.62 bits per heavy atom. The van der Waals surface area contributed by atoms with Gasteiger partial charge in [-0.05, 0) is 28.1 Å². The number of alkyl halides is 2. The van der Waals surface area contributed by atoms with Gasteiger partial charge in [-0.25, -0.2) is 8.78 Å². The van der Waals surface area contributed by atoms with Crippen molar-refractivity contribution in [2.24, 2.45) is 0 Å². The highest BCUT2D eigenvalue weighted by atomic mass is 79.9. The van der Waals surface area contributed by atoms with Crippen LogP contribution < -0.4 is 5.32 Å². The van der Waals surface area contributed by atoms with Crippen molar-refractivity contribution in [2.75, 3.05) is 26.2 Å². The van der Waals surface area contributed by atoms with E-state index >= 15 is 0 Å². The minimum atomic E-state index is -2.56. The molecule has 122 valence electrons. The molecule has 9 heteroatoms. The van der Waals surface area contributed by atoms with E-state index < -0.39 is 12.5 Å². The van der Waals surface area contributed by atoms with Gasteiger partial charge in [0.15, 0.2) is 0 Å². The number of nitrogens with one attached hydrogen (secondary N) is 1. The third kappa shape index (κ3) is 4.91. The molecule has 1 aromatic rings. The van der Waals surface area contributed by atoms with Gasteiger partial charge >= 0.3 is 0 Å². The number of aromatic hydroxyl groups is 1. The van der Waals surface area contributed by atoms with E-state index in [4.69, 9.17) is 0 Å². The van der Waals surface area contributed by atoms with Crippen LogP contribution in [0.3, 0.4) is 0 Å². The zero-order valence-electron chi connectivity index (χ0n) is 10.9. The maximum absolute atomic E-state index is 13.5. The predicted octanol–water partition coefficient (Wildman–Crippen LogP) is 3.97. The lowest BCUT2D eigenvalue weighted by Gasteiger charge is -2.35. The molecular weight excluding hydrogens is 457 g/mol. The van der Waals surface area contributed by atoms with Crippen LogP contribution in [0.4, 0.5) is 8.78 Å². The minimum Gasteiger partial charge on any atom is -0.506 e. The van der Waals surface area contributed by atoms with E-state index in [1.54, 1.807) is 17.0 Å². The molecule has 1 aromatic carbocycles. The second-order valence-electron chi connectivity index (χ2n) is 4.36. The molecule has 2 rings (SSSR count). The molecule has 0 unspecified atom stereocenters. The maximum Gasteiger partial charge on any atom is 0.258 e. The Labute approximate surface area is 151 Å². The van der Waals surface area contributed by atoms with E-state index in [1.165, 1.54) is 0 Å². The third-order valence-electron chi connectivity index (χ3n) is 3.19. The van der Waals surface area contributed by atoms with Crippen molar-refractivity contribution >= 4 is 56.7 Å². The molecule has 1 heterocycles. The molecule has 1 aliphatic heterocycles. The molecule has 3 nitrogen and oxygen atoms in total. The summed E-state index contributed by atoms with van der Waals surface area (Å²) in [6.45, 7) is 2.42. The number of hydrogen-bond acceptors (Lipinski definition) is 3. The van der Waals surface area contributed by atoms with Gasteiger partial charge in [-0.15, -0.1) is 24.8 Å². The van der Waals surface area contributed by atoms with E-state index in [2.05, 4.69) is 37.2 Å². The maximum atomic E-state index is 13.5. The number of benzene rings is 1. The average molecular weight is 473 g/mol.